The highest BCUT2D eigenvalue weighted by Gasteiger charge is 2.60. The predicted octanol–water partition coefficient (Wildman–Crippen LogP) is 5.10. The van der Waals surface area contributed by atoms with Crippen LogP contribution in [0.1, 0.15) is 156 Å². The zero-order valence-electron chi connectivity index (χ0n) is 28.2. The highest BCUT2D eigenvalue weighted by Crippen LogP contribution is 2.32. The van der Waals surface area contributed by atoms with Crippen molar-refractivity contribution in [3.8, 4) is 0 Å². The normalized spacial score (nSPS) is 13.9. The monoisotopic (exact) mass is 618 g/mol. The highest BCUT2D eigenvalue weighted by molar-refractivity contribution is 6.08. The van der Waals surface area contributed by atoms with Gasteiger partial charge in [-0.15, -0.1) is 0 Å². The lowest BCUT2D eigenvalue weighted by Gasteiger charge is -2.48. The van der Waals surface area contributed by atoms with Crippen molar-refractivity contribution in [2.24, 2.45) is 0 Å². The number of carbonyl (C=O) groups is 3. The first-order valence-corrected chi connectivity index (χ1v) is 17.0. The Labute approximate surface area is 265 Å². The van der Waals surface area contributed by atoms with Gasteiger partial charge in [0.15, 0.2) is 5.78 Å². The van der Waals surface area contributed by atoms with Crippen molar-refractivity contribution in [2.45, 2.75) is 167 Å². The summed E-state index contributed by atoms with van der Waals surface area (Å²) in [6, 6.07) is -0.902. The molecule has 0 saturated heterocycles. The van der Waals surface area contributed by atoms with Crippen LogP contribution >= 0.6 is 0 Å². The van der Waals surface area contributed by atoms with Gasteiger partial charge >= 0.3 is 11.9 Å². The molecule has 7 nitrogen and oxygen atoms in total. The van der Waals surface area contributed by atoms with Gasteiger partial charge in [0.05, 0.1) is 21.1 Å². The molecule has 0 aromatic rings. The Hall–Kier alpha value is -1.18. The van der Waals surface area contributed by atoms with Crippen LogP contribution in [0.25, 0.3) is 0 Å². The fraction of sp³-hybridized carbons (Fsp3) is 0.912. The molecule has 0 heterocycles. The summed E-state index contributed by atoms with van der Waals surface area (Å²) in [7, 11) is 5.40. The van der Waals surface area contributed by atoms with Crippen molar-refractivity contribution >= 4 is 17.7 Å². The van der Waals surface area contributed by atoms with E-state index in [9.17, 15) is 24.6 Å². The summed E-state index contributed by atoms with van der Waals surface area (Å²) >= 11 is 0. The molecule has 0 aliphatic heterocycles. The van der Waals surface area contributed by atoms with Gasteiger partial charge in [-0.1, -0.05) is 129 Å². The lowest BCUT2D eigenvalue weighted by Crippen LogP contribution is -3.00. The van der Waals surface area contributed by atoms with E-state index in [4.69, 9.17) is 0 Å². The van der Waals surface area contributed by atoms with Crippen LogP contribution in [0.15, 0.2) is 0 Å². The molecule has 42 heavy (non-hydrogen) atoms. The number of hydrogen-bond donors (Lipinski definition) is 2. The molecule has 2 N–H and O–H groups in total. The number of halogens is 1. The van der Waals surface area contributed by atoms with E-state index < -0.39 is 29.3 Å². The molecule has 0 aliphatic rings. The molecule has 0 saturated carbocycles. The zero-order valence-corrected chi connectivity index (χ0v) is 29.0. The predicted molar refractivity (Wildman–Crippen MR) is 170 cm³/mol. The second-order valence-electron chi connectivity index (χ2n) is 13.2. The Kier molecular flexibility index (Phi) is 25.7. The third kappa shape index (κ3) is 17.2. The Morgan fingerprint density at radius 3 is 1.17 bits per heavy atom. The second kappa shape index (κ2) is 25.2. The van der Waals surface area contributed by atoms with Crippen LogP contribution in [0.5, 0.6) is 0 Å². The molecule has 0 bridgehead atoms. The molecule has 0 aromatic heterocycles. The number of Topliss-reactive ketones (excluding diaryl/α,β-unsaturated/α-hetero) is 1. The van der Waals surface area contributed by atoms with Gasteiger partial charge in [-0.05, 0) is 32.9 Å². The smallest absolute Gasteiger partial charge is 0.338 e. The van der Waals surface area contributed by atoms with Gasteiger partial charge in [-0.3, -0.25) is 14.5 Å². The molecular formula is C34H67ClN2O5. The first-order valence-electron chi connectivity index (χ1n) is 17.0. The molecule has 250 valence electrons. The van der Waals surface area contributed by atoms with E-state index in [-0.39, 0.29) is 23.3 Å². The Morgan fingerprint density at radius 1 is 0.619 bits per heavy atom. The molecule has 0 aromatic carbocycles. The van der Waals surface area contributed by atoms with Gasteiger partial charge in [-0.2, -0.15) is 0 Å². The number of unbranched alkanes of at least 4 members (excludes halogenated alkanes) is 18. The standard InChI is InChI=1S/C34H66N2O5.ClH/c1-7-9-11-13-15-17-19-21-23-25-27-35(28-26-24-22-20-18-16-14-12-10-8-2)34(30(3)37,33(40)41)31(29-32(38)39)36(4,5)6;/h31H,7-29H2,1-6H3,(H-,38,39,40,41);1H/t31?,34-;/m1./s1. The third-order valence-corrected chi connectivity index (χ3v) is 8.71. The molecule has 0 amide bonds. The fourth-order valence-electron chi connectivity index (χ4n) is 6.29. The van der Waals surface area contributed by atoms with Crippen LogP contribution in [0, 0.1) is 0 Å². The summed E-state index contributed by atoms with van der Waals surface area (Å²) < 4.78 is 0.0880. The molecular weight excluding hydrogens is 552 g/mol. The van der Waals surface area contributed by atoms with Gasteiger partial charge in [0.25, 0.3) is 0 Å². The second-order valence-corrected chi connectivity index (χ2v) is 13.2. The molecule has 1 unspecified atom stereocenters. The minimum atomic E-state index is -1.87. The average molecular weight is 619 g/mol. The van der Waals surface area contributed by atoms with Crippen molar-refractivity contribution in [2.75, 3.05) is 34.2 Å². The number of aliphatic carboxylic acids is 2. The van der Waals surface area contributed by atoms with Gasteiger partial charge in [0.2, 0.25) is 5.54 Å². The SMILES string of the molecule is CCCCCCCCCCCCN(CCCCCCCCCCCC)[C@@](C(C)=O)(C(=O)O)C(CC(=O)O)[N+](C)(C)C.[Cl-]. The largest absolute Gasteiger partial charge is 1.00 e. The molecule has 0 aliphatic carbocycles. The van der Waals surface area contributed by atoms with Crippen LogP contribution in [0.3, 0.4) is 0 Å². The van der Waals surface area contributed by atoms with E-state index >= 15 is 0 Å². The molecule has 2 atom stereocenters. The number of ketones is 1. The van der Waals surface area contributed by atoms with Crippen molar-refractivity contribution in [1.29, 1.82) is 0 Å². The van der Waals surface area contributed by atoms with Gasteiger partial charge in [0, 0.05) is 0 Å². The minimum Gasteiger partial charge on any atom is -1.00 e. The number of hydrogen-bond acceptors (Lipinski definition) is 4. The minimum absolute atomic E-state index is 0. The number of carboxylic acid groups (broad SMARTS) is 2. The Balaban J connectivity index is 0. The summed E-state index contributed by atoms with van der Waals surface area (Å²) in [5, 5.41) is 20.4. The molecule has 0 rings (SSSR count). The number of carbonyl (C=O) groups excluding carboxylic acids is 1. The lowest BCUT2D eigenvalue weighted by atomic mass is 9.80. The number of rotatable bonds is 29. The van der Waals surface area contributed by atoms with Crippen LogP contribution in [0.2, 0.25) is 0 Å². The topological polar surface area (TPSA) is 94.9 Å². The Morgan fingerprint density at radius 2 is 0.929 bits per heavy atom. The number of quaternary nitrogens is 1. The number of nitrogens with zero attached hydrogens (tertiary/aromatic N) is 2. The van der Waals surface area contributed by atoms with Gasteiger partial charge in [0.1, 0.15) is 12.5 Å². The highest BCUT2D eigenvalue weighted by atomic mass is 35.5. The maximum absolute atomic E-state index is 13.4. The van der Waals surface area contributed by atoms with E-state index in [0.29, 0.717) is 13.1 Å². The van der Waals surface area contributed by atoms with Crippen LogP contribution in [-0.2, 0) is 14.4 Å². The van der Waals surface area contributed by atoms with E-state index in [1.54, 1.807) is 21.1 Å². The van der Waals surface area contributed by atoms with E-state index in [1.807, 2.05) is 4.90 Å². The van der Waals surface area contributed by atoms with Gasteiger partial charge in [-0.25, -0.2) is 4.79 Å². The van der Waals surface area contributed by atoms with Crippen LogP contribution < -0.4 is 12.4 Å². The fourth-order valence-corrected chi connectivity index (χ4v) is 6.29. The summed E-state index contributed by atoms with van der Waals surface area (Å²) in [4.78, 5) is 40.2. The molecule has 0 spiro atoms. The zero-order chi connectivity index (χ0) is 31.2. The van der Waals surface area contributed by atoms with Crippen molar-refractivity contribution < 1.29 is 41.5 Å². The maximum atomic E-state index is 13.4. The molecule has 8 heteroatoms. The van der Waals surface area contributed by atoms with Crippen LogP contribution in [-0.4, -0.2) is 83.1 Å². The van der Waals surface area contributed by atoms with E-state index in [0.717, 1.165) is 38.5 Å². The van der Waals surface area contributed by atoms with E-state index in [1.165, 1.54) is 96.8 Å². The lowest BCUT2D eigenvalue weighted by molar-refractivity contribution is -0.899. The first kappa shape index (κ1) is 43.0. The summed E-state index contributed by atoms with van der Waals surface area (Å²) in [6.07, 6.45) is 23.2. The quantitative estimate of drug-likeness (QED) is 0.0688. The van der Waals surface area contributed by atoms with E-state index in [2.05, 4.69) is 13.8 Å². The van der Waals surface area contributed by atoms with Crippen molar-refractivity contribution in [1.82, 2.24) is 4.90 Å². The van der Waals surface area contributed by atoms with Crippen molar-refractivity contribution in [3.63, 3.8) is 0 Å². The third-order valence-electron chi connectivity index (χ3n) is 8.71. The summed E-state index contributed by atoms with van der Waals surface area (Å²) in [5.74, 6) is -2.76. The summed E-state index contributed by atoms with van der Waals surface area (Å²) in [6.45, 7) is 6.79. The average Bonchev–Trinajstić information content (AvgIpc) is 2.88. The van der Waals surface area contributed by atoms with Gasteiger partial charge < -0.3 is 27.1 Å². The van der Waals surface area contributed by atoms with Crippen LogP contribution in [0.4, 0.5) is 0 Å². The summed E-state index contributed by atoms with van der Waals surface area (Å²) in [5.41, 5.74) is -1.87. The number of likely N-dealkylation sites (N-methyl/N-ethyl adjacent to an activating group) is 1. The van der Waals surface area contributed by atoms with Crippen molar-refractivity contribution in [3.05, 3.63) is 0 Å². The molecule has 0 fully saturated rings. The first-order chi connectivity index (χ1) is 19.5. The Bertz CT molecular complexity index is 673. The maximum Gasteiger partial charge on any atom is 0.338 e. The molecule has 0 radical (unpaired) electrons. The number of carboxylic acids is 2.